The molecule has 2 aromatic heterocycles. The highest BCUT2D eigenvalue weighted by Crippen LogP contribution is 2.25. The monoisotopic (exact) mass is 291 g/mol. The number of fused-ring (bicyclic) bond motifs is 1. The fourth-order valence-electron chi connectivity index (χ4n) is 2.46. The summed E-state index contributed by atoms with van der Waals surface area (Å²) < 4.78 is 6.38. The van der Waals surface area contributed by atoms with Gasteiger partial charge in [-0.3, -0.25) is 0 Å². The van der Waals surface area contributed by atoms with E-state index in [1.54, 1.807) is 22.8 Å². The summed E-state index contributed by atoms with van der Waals surface area (Å²) in [6, 6.07) is 3.52. The van der Waals surface area contributed by atoms with Crippen LogP contribution in [0.3, 0.4) is 0 Å². The van der Waals surface area contributed by atoms with E-state index in [0.717, 1.165) is 17.9 Å². The summed E-state index contributed by atoms with van der Waals surface area (Å²) in [5.41, 5.74) is 1.27. The van der Waals surface area contributed by atoms with E-state index in [9.17, 15) is 4.79 Å². The SMILES string of the molecule is COC(=O)c1ccc2nc(CC3CCSCC3)nn2c1. The standard InChI is InChI=1S/C14H17N3O2S/c1-19-14(18)11-2-3-13-15-12(16-17(13)9-11)8-10-4-6-20-7-5-10/h2-3,9-10H,4-8H2,1H3. The van der Waals surface area contributed by atoms with Crippen LogP contribution in [0.15, 0.2) is 18.3 Å². The zero-order chi connectivity index (χ0) is 13.9. The Morgan fingerprint density at radius 1 is 1.45 bits per heavy atom. The van der Waals surface area contributed by atoms with Crippen molar-refractivity contribution >= 4 is 23.4 Å². The van der Waals surface area contributed by atoms with Crippen molar-refractivity contribution in [3.63, 3.8) is 0 Å². The quantitative estimate of drug-likeness (QED) is 0.811. The van der Waals surface area contributed by atoms with E-state index in [-0.39, 0.29) is 5.97 Å². The Kier molecular flexibility index (Phi) is 3.91. The molecule has 1 aliphatic heterocycles. The van der Waals surface area contributed by atoms with Gasteiger partial charge >= 0.3 is 5.97 Å². The maximum absolute atomic E-state index is 11.5. The number of esters is 1. The average molecular weight is 291 g/mol. The van der Waals surface area contributed by atoms with Crippen LogP contribution in [0.2, 0.25) is 0 Å². The molecule has 106 valence electrons. The highest BCUT2D eigenvalue weighted by molar-refractivity contribution is 7.99. The minimum absolute atomic E-state index is 0.353. The van der Waals surface area contributed by atoms with Crippen molar-refractivity contribution in [2.24, 2.45) is 5.92 Å². The van der Waals surface area contributed by atoms with Gasteiger partial charge in [0, 0.05) is 12.6 Å². The van der Waals surface area contributed by atoms with Crippen LogP contribution in [-0.4, -0.2) is 39.2 Å². The molecule has 3 heterocycles. The van der Waals surface area contributed by atoms with Crippen LogP contribution in [0.5, 0.6) is 0 Å². The van der Waals surface area contributed by atoms with Gasteiger partial charge in [-0.2, -0.15) is 16.9 Å². The fourth-order valence-corrected chi connectivity index (χ4v) is 3.67. The average Bonchev–Trinajstić information content (AvgIpc) is 2.88. The first-order valence-corrected chi connectivity index (χ1v) is 7.93. The second-order valence-electron chi connectivity index (χ2n) is 5.00. The second-order valence-corrected chi connectivity index (χ2v) is 6.22. The third-order valence-corrected chi connectivity index (χ3v) is 4.66. The third kappa shape index (κ3) is 2.80. The van der Waals surface area contributed by atoms with Crippen LogP contribution in [0.1, 0.15) is 29.0 Å². The molecule has 2 aromatic rings. The van der Waals surface area contributed by atoms with Gasteiger partial charge in [0.2, 0.25) is 0 Å². The largest absolute Gasteiger partial charge is 0.465 e. The zero-order valence-corrected chi connectivity index (χ0v) is 12.2. The van der Waals surface area contributed by atoms with Gasteiger partial charge in [-0.1, -0.05) is 0 Å². The molecule has 6 heteroatoms. The lowest BCUT2D eigenvalue weighted by atomic mass is 9.99. The third-order valence-electron chi connectivity index (χ3n) is 3.61. The second kappa shape index (κ2) is 5.83. The van der Waals surface area contributed by atoms with Gasteiger partial charge in [0.15, 0.2) is 11.5 Å². The normalized spacial score (nSPS) is 16.4. The van der Waals surface area contributed by atoms with Crippen molar-refractivity contribution < 1.29 is 9.53 Å². The van der Waals surface area contributed by atoms with E-state index >= 15 is 0 Å². The van der Waals surface area contributed by atoms with Gasteiger partial charge in [0.25, 0.3) is 0 Å². The topological polar surface area (TPSA) is 56.5 Å². The molecule has 0 amide bonds. The molecule has 3 rings (SSSR count). The number of hydrogen-bond acceptors (Lipinski definition) is 5. The van der Waals surface area contributed by atoms with Crippen LogP contribution in [0.4, 0.5) is 0 Å². The molecule has 1 saturated heterocycles. The number of methoxy groups -OCH3 is 1. The van der Waals surface area contributed by atoms with Crippen LogP contribution < -0.4 is 0 Å². The van der Waals surface area contributed by atoms with E-state index in [1.807, 2.05) is 11.8 Å². The van der Waals surface area contributed by atoms with Crippen LogP contribution in [-0.2, 0) is 11.2 Å². The summed E-state index contributed by atoms with van der Waals surface area (Å²) in [6.45, 7) is 0. The van der Waals surface area contributed by atoms with Crippen LogP contribution in [0.25, 0.3) is 5.65 Å². The number of ether oxygens (including phenoxy) is 1. The van der Waals surface area contributed by atoms with E-state index in [2.05, 4.69) is 10.1 Å². The van der Waals surface area contributed by atoms with Crippen molar-refractivity contribution in [3.8, 4) is 0 Å². The lowest BCUT2D eigenvalue weighted by molar-refractivity contribution is 0.0600. The van der Waals surface area contributed by atoms with Gasteiger partial charge in [-0.05, 0) is 42.4 Å². The molecular formula is C14H17N3O2S. The van der Waals surface area contributed by atoms with Crippen molar-refractivity contribution in [2.45, 2.75) is 19.3 Å². The molecule has 1 fully saturated rings. The van der Waals surface area contributed by atoms with Crippen molar-refractivity contribution in [3.05, 3.63) is 29.7 Å². The van der Waals surface area contributed by atoms with Crippen molar-refractivity contribution in [2.75, 3.05) is 18.6 Å². The smallest absolute Gasteiger partial charge is 0.339 e. The maximum Gasteiger partial charge on any atom is 0.339 e. The lowest BCUT2D eigenvalue weighted by Gasteiger charge is -2.19. The number of thioether (sulfide) groups is 1. The number of nitrogens with zero attached hydrogens (tertiary/aromatic N) is 3. The maximum atomic E-state index is 11.5. The Morgan fingerprint density at radius 3 is 3.00 bits per heavy atom. The molecule has 0 aliphatic carbocycles. The first-order valence-electron chi connectivity index (χ1n) is 6.77. The van der Waals surface area contributed by atoms with Crippen molar-refractivity contribution in [1.29, 1.82) is 0 Å². The highest BCUT2D eigenvalue weighted by Gasteiger charge is 2.17. The van der Waals surface area contributed by atoms with Gasteiger partial charge < -0.3 is 4.74 Å². The summed E-state index contributed by atoms with van der Waals surface area (Å²) in [6.07, 6.45) is 5.09. The molecule has 0 unspecified atom stereocenters. The van der Waals surface area contributed by atoms with Gasteiger partial charge in [-0.25, -0.2) is 14.3 Å². The molecule has 0 bridgehead atoms. The molecule has 20 heavy (non-hydrogen) atoms. The summed E-state index contributed by atoms with van der Waals surface area (Å²) in [5.74, 6) is 3.68. The van der Waals surface area contributed by atoms with E-state index in [4.69, 9.17) is 4.74 Å². The molecule has 0 saturated carbocycles. The highest BCUT2D eigenvalue weighted by atomic mass is 32.2. The number of carbonyl (C=O) groups excluding carboxylic acids is 1. The van der Waals surface area contributed by atoms with Gasteiger partial charge in [0.05, 0.1) is 12.7 Å². The summed E-state index contributed by atoms with van der Waals surface area (Å²) in [7, 11) is 1.38. The predicted molar refractivity (Wildman–Crippen MR) is 78.1 cm³/mol. The molecule has 0 aromatic carbocycles. The predicted octanol–water partition coefficient (Wildman–Crippen LogP) is 2.20. The van der Waals surface area contributed by atoms with E-state index in [0.29, 0.717) is 11.5 Å². The molecule has 0 radical (unpaired) electrons. The van der Waals surface area contributed by atoms with Crippen LogP contribution in [0, 0.1) is 5.92 Å². The number of aromatic nitrogens is 3. The molecule has 0 spiro atoms. The molecule has 0 atom stereocenters. The van der Waals surface area contributed by atoms with Crippen LogP contribution >= 0.6 is 11.8 Å². The molecule has 5 nitrogen and oxygen atoms in total. The Bertz CT molecular complexity index is 620. The number of rotatable bonds is 3. The minimum Gasteiger partial charge on any atom is -0.465 e. The Labute approximate surface area is 121 Å². The fraction of sp³-hybridized carbons (Fsp3) is 0.500. The number of pyridine rings is 1. The lowest BCUT2D eigenvalue weighted by Crippen LogP contribution is -2.13. The minimum atomic E-state index is -0.353. The van der Waals surface area contributed by atoms with Crippen molar-refractivity contribution in [1.82, 2.24) is 14.6 Å². The number of hydrogen-bond donors (Lipinski definition) is 0. The first-order chi connectivity index (χ1) is 9.76. The molecule has 1 aliphatic rings. The molecule has 0 N–H and O–H groups in total. The summed E-state index contributed by atoms with van der Waals surface area (Å²) >= 11 is 2.02. The summed E-state index contributed by atoms with van der Waals surface area (Å²) in [4.78, 5) is 16.0. The molecular weight excluding hydrogens is 274 g/mol. The van der Waals surface area contributed by atoms with E-state index in [1.165, 1.54) is 31.5 Å². The van der Waals surface area contributed by atoms with E-state index < -0.39 is 0 Å². The van der Waals surface area contributed by atoms with Gasteiger partial charge in [0.1, 0.15) is 0 Å². The Hall–Kier alpha value is -1.56. The Balaban J connectivity index is 1.81. The van der Waals surface area contributed by atoms with Gasteiger partial charge in [-0.15, -0.1) is 0 Å². The summed E-state index contributed by atoms with van der Waals surface area (Å²) in [5, 5.41) is 4.48. The first kappa shape index (κ1) is 13.4. The number of carbonyl (C=O) groups is 1. The zero-order valence-electron chi connectivity index (χ0n) is 11.4. The Morgan fingerprint density at radius 2 is 2.25 bits per heavy atom.